The molecular weight excluding hydrogens is 154 g/mol. The van der Waals surface area contributed by atoms with Crippen molar-refractivity contribution < 1.29 is 4.79 Å². The molecule has 0 bridgehead atoms. The number of hydrogen-bond acceptors (Lipinski definition) is 2. The molecule has 1 amide bonds. The van der Waals surface area contributed by atoms with E-state index in [2.05, 4.69) is 10.6 Å². The van der Waals surface area contributed by atoms with Gasteiger partial charge in [0.1, 0.15) is 0 Å². The van der Waals surface area contributed by atoms with Gasteiger partial charge in [-0.3, -0.25) is 10.5 Å². The number of rotatable bonds is 0. The number of anilines is 2. The molecule has 0 saturated carbocycles. The van der Waals surface area contributed by atoms with E-state index in [1.54, 1.807) is 18.2 Å². The SMILES string of the molecule is [NH]c1cccc2c1NCC(=O)N2. The van der Waals surface area contributed by atoms with Crippen molar-refractivity contribution in [2.45, 2.75) is 0 Å². The van der Waals surface area contributed by atoms with Crippen LogP contribution < -0.4 is 16.4 Å². The molecule has 0 aliphatic carbocycles. The van der Waals surface area contributed by atoms with Crippen LogP contribution in [0.3, 0.4) is 0 Å². The smallest absolute Gasteiger partial charge is 0.243 e. The summed E-state index contributed by atoms with van der Waals surface area (Å²) in [6.45, 7) is 0.253. The molecule has 0 spiro atoms. The topological polar surface area (TPSA) is 64.9 Å². The van der Waals surface area contributed by atoms with Crippen molar-refractivity contribution in [2.75, 3.05) is 17.2 Å². The van der Waals surface area contributed by atoms with Crippen molar-refractivity contribution >= 4 is 23.0 Å². The Bertz CT molecular complexity index is 335. The first-order valence-electron chi connectivity index (χ1n) is 3.66. The predicted octanol–water partition coefficient (Wildman–Crippen LogP) is 0.965. The van der Waals surface area contributed by atoms with Crippen LogP contribution in [0.2, 0.25) is 0 Å². The van der Waals surface area contributed by atoms with Gasteiger partial charge in [-0.2, -0.15) is 0 Å². The number of benzene rings is 1. The normalized spacial score (nSPS) is 14.5. The van der Waals surface area contributed by atoms with Gasteiger partial charge >= 0.3 is 0 Å². The highest BCUT2D eigenvalue weighted by molar-refractivity contribution is 6.02. The molecule has 0 aromatic heterocycles. The zero-order valence-electron chi connectivity index (χ0n) is 6.35. The Labute approximate surface area is 69.8 Å². The third-order valence-corrected chi connectivity index (χ3v) is 1.76. The lowest BCUT2D eigenvalue weighted by atomic mass is 10.2. The molecule has 1 heterocycles. The Balaban J connectivity index is 2.48. The first-order chi connectivity index (χ1) is 5.77. The largest absolute Gasteiger partial charge is 0.373 e. The zero-order chi connectivity index (χ0) is 8.55. The highest BCUT2D eigenvalue weighted by atomic mass is 16.2. The van der Waals surface area contributed by atoms with E-state index in [0.29, 0.717) is 17.1 Å². The summed E-state index contributed by atoms with van der Waals surface area (Å²) in [5, 5.41) is 5.56. The van der Waals surface area contributed by atoms with E-state index < -0.39 is 0 Å². The van der Waals surface area contributed by atoms with Gasteiger partial charge in [0.05, 0.1) is 23.6 Å². The summed E-state index contributed by atoms with van der Waals surface area (Å²) in [5.41, 5.74) is 9.31. The molecule has 61 valence electrons. The molecule has 0 unspecified atom stereocenters. The molecular formula is C8H8N3O. The predicted molar refractivity (Wildman–Crippen MR) is 46.3 cm³/mol. The molecule has 3 N–H and O–H groups in total. The third-order valence-electron chi connectivity index (χ3n) is 1.76. The lowest BCUT2D eigenvalue weighted by Crippen LogP contribution is -2.27. The van der Waals surface area contributed by atoms with Gasteiger partial charge in [0.25, 0.3) is 0 Å². The Morgan fingerprint density at radius 1 is 1.42 bits per heavy atom. The third kappa shape index (κ3) is 0.972. The van der Waals surface area contributed by atoms with Crippen molar-refractivity contribution in [1.82, 2.24) is 5.73 Å². The Kier molecular flexibility index (Phi) is 1.40. The van der Waals surface area contributed by atoms with E-state index in [9.17, 15) is 4.79 Å². The first-order valence-corrected chi connectivity index (χ1v) is 3.66. The monoisotopic (exact) mass is 162 g/mol. The van der Waals surface area contributed by atoms with Crippen LogP contribution in [0.25, 0.3) is 0 Å². The highest BCUT2D eigenvalue weighted by Crippen LogP contribution is 2.30. The molecule has 1 aromatic carbocycles. The first kappa shape index (κ1) is 6.97. The number of nitrogens with one attached hydrogen (secondary N) is 3. The van der Waals surface area contributed by atoms with Crippen LogP contribution >= 0.6 is 0 Å². The molecule has 0 fully saturated rings. The summed E-state index contributed by atoms with van der Waals surface area (Å²) in [5.74, 6) is -0.0619. The minimum absolute atomic E-state index is 0.0619. The molecule has 2 rings (SSSR count). The van der Waals surface area contributed by atoms with Gasteiger partial charge in [-0.25, -0.2) is 0 Å². The molecule has 12 heavy (non-hydrogen) atoms. The van der Waals surface area contributed by atoms with Crippen LogP contribution in [0.1, 0.15) is 0 Å². The van der Waals surface area contributed by atoms with Gasteiger partial charge in [0.2, 0.25) is 5.91 Å². The van der Waals surface area contributed by atoms with Crippen LogP contribution in [-0.2, 0) is 4.79 Å². The Morgan fingerprint density at radius 3 is 3.08 bits per heavy atom. The summed E-state index contributed by atoms with van der Waals surface area (Å²) < 4.78 is 0. The lowest BCUT2D eigenvalue weighted by molar-refractivity contribution is -0.114. The zero-order valence-corrected chi connectivity index (χ0v) is 6.35. The fourth-order valence-corrected chi connectivity index (χ4v) is 1.21. The minimum Gasteiger partial charge on any atom is -0.373 e. The molecule has 1 radical (unpaired) electrons. The highest BCUT2D eigenvalue weighted by Gasteiger charge is 2.14. The van der Waals surface area contributed by atoms with Crippen molar-refractivity contribution in [3.63, 3.8) is 0 Å². The van der Waals surface area contributed by atoms with Gasteiger partial charge in [-0.1, -0.05) is 6.07 Å². The second kappa shape index (κ2) is 2.41. The minimum atomic E-state index is -0.0619. The molecule has 1 aliphatic heterocycles. The second-order valence-corrected chi connectivity index (χ2v) is 2.63. The van der Waals surface area contributed by atoms with Crippen molar-refractivity contribution in [2.24, 2.45) is 0 Å². The average molecular weight is 162 g/mol. The Hall–Kier alpha value is -1.71. The standard InChI is InChI=1S/C8H8N3O/c9-5-2-1-3-6-8(5)10-4-7(12)11-6/h1-3,9-10H,4H2,(H,11,12). The van der Waals surface area contributed by atoms with E-state index >= 15 is 0 Å². The summed E-state index contributed by atoms with van der Waals surface area (Å²) in [6, 6.07) is 5.20. The molecule has 0 atom stereocenters. The van der Waals surface area contributed by atoms with Crippen LogP contribution in [0, 0.1) is 0 Å². The number of fused-ring (bicyclic) bond motifs is 1. The second-order valence-electron chi connectivity index (χ2n) is 2.63. The maximum absolute atomic E-state index is 10.9. The summed E-state index contributed by atoms with van der Waals surface area (Å²) in [4.78, 5) is 10.9. The summed E-state index contributed by atoms with van der Waals surface area (Å²) >= 11 is 0. The average Bonchev–Trinajstić information content (AvgIpc) is 2.04. The van der Waals surface area contributed by atoms with Crippen LogP contribution in [-0.4, -0.2) is 12.5 Å². The number of amides is 1. The van der Waals surface area contributed by atoms with Gasteiger partial charge in [-0.05, 0) is 12.1 Å². The molecule has 4 nitrogen and oxygen atoms in total. The number of hydrogen-bond donors (Lipinski definition) is 2. The van der Waals surface area contributed by atoms with Crippen molar-refractivity contribution in [3.05, 3.63) is 18.2 Å². The van der Waals surface area contributed by atoms with E-state index in [0.717, 1.165) is 0 Å². The van der Waals surface area contributed by atoms with E-state index in [4.69, 9.17) is 5.73 Å². The fraction of sp³-hybridized carbons (Fsp3) is 0.125. The number of carbonyl (C=O) groups is 1. The number of para-hydroxylation sites is 1. The lowest BCUT2D eigenvalue weighted by Gasteiger charge is -2.19. The maximum atomic E-state index is 10.9. The summed E-state index contributed by atoms with van der Waals surface area (Å²) in [6.07, 6.45) is 0. The quantitative estimate of drug-likeness (QED) is 0.596. The van der Waals surface area contributed by atoms with Gasteiger partial charge in [0, 0.05) is 0 Å². The molecule has 0 saturated heterocycles. The van der Waals surface area contributed by atoms with Gasteiger partial charge < -0.3 is 10.6 Å². The fourth-order valence-electron chi connectivity index (χ4n) is 1.21. The molecule has 4 heteroatoms. The van der Waals surface area contributed by atoms with Gasteiger partial charge in [0.15, 0.2) is 0 Å². The van der Waals surface area contributed by atoms with E-state index in [1.165, 1.54) is 0 Å². The maximum Gasteiger partial charge on any atom is 0.243 e. The van der Waals surface area contributed by atoms with E-state index in [1.807, 2.05) is 0 Å². The Morgan fingerprint density at radius 2 is 2.25 bits per heavy atom. The van der Waals surface area contributed by atoms with Crippen LogP contribution in [0.4, 0.5) is 17.1 Å². The van der Waals surface area contributed by atoms with Gasteiger partial charge in [-0.15, -0.1) is 0 Å². The van der Waals surface area contributed by atoms with Crippen LogP contribution in [0.15, 0.2) is 18.2 Å². The number of carbonyl (C=O) groups excluding carboxylic acids is 1. The van der Waals surface area contributed by atoms with E-state index in [-0.39, 0.29) is 12.5 Å². The van der Waals surface area contributed by atoms with Crippen molar-refractivity contribution in [3.8, 4) is 0 Å². The molecule has 1 aromatic rings. The molecule has 1 aliphatic rings. The summed E-state index contributed by atoms with van der Waals surface area (Å²) in [7, 11) is 0. The van der Waals surface area contributed by atoms with Crippen LogP contribution in [0.5, 0.6) is 0 Å². The van der Waals surface area contributed by atoms with Crippen molar-refractivity contribution in [1.29, 1.82) is 0 Å².